The largest absolute Gasteiger partial charge is 0.484 e. The number of benzene rings is 2. The monoisotopic (exact) mass is 323 g/mol. The van der Waals surface area contributed by atoms with E-state index in [-0.39, 0.29) is 18.2 Å². The first kappa shape index (κ1) is 15.5. The number of nitro benzene ring substituents is 1. The van der Waals surface area contributed by atoms with Gasteiger partial charge in [-0.05, 0) is 42.3 Å². The van der Waals surface area contributed by atoms with Crippen molar-refractivity contribution < 1.29 is 14.5 Å². The maximum atomic E-state index is 12.3. The lowest BCUT2D eigenvalue weighted by Gasteiger charge is -2.17. The Bertz CT molecular complexity index is 840. The molecule has 3 rings (SSSR count). The van der Waals surface area contributed by atoms with Gasteiger partial charge in [0.05, 0.1) is 16.6 Å². The third kappa shape index (κ3) is 3.03. The van der Waals surface area contributed by atoms with Gasteiger partial charge in [0.1, 0.15) is 5.75 Å². The summed E-state index contributed by atoms with van der Waals surface area (Å²) in [6.45, 7) is 0.342. The number of nitriles is 1. The Morgan fingerprint density at radius 1 is 1.29 bits per heavy atom. The van der Waals surface area contributed by atoms with Crippen molar-refractivity contribution in [2.24, 2.45) is 0 Å². The Kier molecular flexibility index (Phi) is 4.12. The molecule has 1 heterocycles. The van der Waals surface area contributed by atoms with Crippen LogP contribution in [0.1, 0.15) is 11.1 Å². The van der Waals surface area contributed by atoms with Gasteiger partial charge in [0.25, 0.3) is 11.6 Å². The standard InChI is InChI=1S/C17H13N3O4/c18-10-12-1-4-15(5-2-12)24-11-17(21)19-8-7-13-9-14(20(22)23)3-6-16(13)19/h1-6,9H,7-8,11H2. The van der Waals surface area contributed by atoms with E-state index in [0.717, 1.165) is 5.56 Å². The van der Waals surface area contributed by atoms with Crippen molar-refractivity contribution in [2.45, 2.75) is 6.42 Å². The average Bonchev–Trinajstić information content (AvgIpc) is 3.03. The highest BCUT2D eigenvalue weighted by atomic mass is 16.6. The van der Waals surface area contributed by atoms with Crippen molar-refractivity contribution in [1.29, 1.82) is 5.26 Å². The van der Waals surface area contributed by atoms with Gasteiger partial charge < -0.3 is 9.64 Å². The minimum atomic E-state index is -0.446. The summed E-state index contributed by atoms with van der Waals surface area (Å²) in [7, 11) is 0. The Morgan fingerprint density at radius 2 is 2.04 bits per heavy atom. The Hall–Kier alpha value is -3.40. The van der Waals surface area contributed by atoms with Crippen LogP contribution in [0.2, 0.25) is 0 Å². The molecule has 0 saturated carbocycles. The Morgan fingerprint density at radius 3 is 2.71 bits per heavy atom. The second kappa shape index (κ2) is 6.38. The molecule has 0 atom stereocenters. The van der Waals surface area contributed by atoms with Crippen LogP contribution in [0, 0.1) is 21.4 Å². The van der Waals surface area contributed by atoms with Crippen molar-refractivity contribution in [3.05, 3.63) is 63.7 Å². The number of carbonyl (C=O) groups excluding carboxylic acids is 1. The number of non-ortho nitro benzene ring substituents is 1. The molecule has 7 nitrogen and oxygen atoms in total. The zero-order valence-electron chi connectivity index (χ0n) is 12.6. The summed E-state index contributed by atoms with van der Waals surface area (Å²) < 4.78 is 5.45. The number of hydrogen-bond donors (Lipinski definition) is 0. The van der Waals surface area contributed by atoms with Crippen LogP contribution in [0.15, 0.2) is 42.5 Å². The summed E-state index contributed by atoms with van der Waals surface area (Å²) >= 11 is 0. The van der Waals surface area contributed by atoms with Crippen LogP contribution in [0.3, 0.4) is 0 Å². The second-order valence-corrected chi connectivity index (χ2v) is 5.29. The minimum Gasteiger partial charge on any atom is -0.484 e. The molecule has 7 heteroatoms. The van der Waals surface area contributed by atoms with Crippen molar-refractivity contribution in [3.63, 3.8) is 0 Å². The Labute approximate surface area is 137 Å². The zero-order chi connectivity index (χ0) is 17.1. The first-order valence-corrected chi connectivity index (χ1v) is 7.29. The number of amides is 1. The molecule has 0 radical (unpaired) electrons. The lowest BCUT2D eigenvalue weighted by molar-refractivity contribution is -0.384. The average molecular weight is 323 g/mol. The number of ether oxygens (including phenoxy) is 1. The van der Waals surface area contributed by atoms with Crippen LogP contribution in [0.4, 0.5) is 11.4 Å². The van der Waals surface area contributed by atoms with Gasteiger partial charge >= 0.3 is 0 Å². The summed E-state index contributed by atoms with van der Waals surface area (Å²) in [6, 6.07) is 13.0. The number of rotatable bonds is 4. The molecule has 1 amide bonds. The molecule has 0 spiro atoms. The molecule has 0 unspecified atom stereocenters. The van der Waals surface area contributed by atoms with E-state index in [1.54, 1.807) is 35.2 Å². The van der Waals surface area contributed by atoms with Gasteiger partial charge in [-0.15, -0.1) is 0 Å². The zero-order valence-corrected chi connectivity index (χ0v) is 12.6. The van der Waals surface area contributed by atoms with E-state index < -0.39 is 4.92 Å². The fourth-order valence-electron chi connectivity index (χ4n) is 2.61. The van der Waals surface area contributed by atoms with E-state index in [0.29, 0.717) is 30.0 Å². The summed E-state index contributed by atoms with van der Waals surface area (Å²) in [5.41, 5.74) is 2.02. The normalized spacial score (nSPS) is 12.4. The van der Waals surface area contributed by atoms with Gasteiger partial charge in [0.2, 0.25) is 0 Å². The van der Waals surface area contributed by atoms with Gasteiger partial charge in [-0.25, -0.2) is 0 Å². The molecule has 1 aliphatic heterocycles. The predicted molar refractivity (Wildman–Crippen MR) is 85.8 cm³/mol. The van der Waals surface area contributed by atoms with Gasteiger partial charge in [-0.2, -0.15) is 5.26 Å². The molecule has 0 fully saturated rings. The number of nitrogens with zero attached hydrogens (tertiary/aromatic N) is 3. The van der Waals surface area contributed by atoms with Crippen molar-refractivity contribution in [3.8, 4) is 11.8 Å². The lowest BCUT2D eigenvalue weighted by atomic mass is 10.1. The summed E-state index contributed by atoms with van der Waals surface area (Å²) in [5, 5.41) is 19.5. The number of hydrogen-bond acceptors (Lipinski definition) is 5. The maximum absolute atomic E-state index is 12.3. The van der Waals surface area contributed by atoms with E-state index in [1.807, 2.05) is 6.07 Å². The van der Waals surface area contributed by atoms with E-state index in [2.05, 4.69) is 0 Å². The van der Waals surface area contributed by atoms with Gasteiger partial charge in [-0.1, -0.05) is 0 Å². The van der Waals surface area contributed by atoms with Crippen LogP contribution < -0.4 is 9.64 Å². The van der Waals surface area contributed by atoms with Crippen LogP contribution in [0.25, 0.3) is 0 Å². The molecule has 24 heavy (non-hydrogen) atoms. The number of anilines is 1. The van der Waals surface area contributed by atoms with Crippen LogP contribution in [-0.2, 0) is 11.2 Å². The fourth-order valence-corrected chi connectivity index (χ4v) is 2.61. The van der Waals surface area contributed by atoms with Gasteiger partial charge in [-0.3, -0.25) is 14.9 Å². The number of fused-ring (bicyclic) bond motifs is 1. The molecule has 120 valence electrons. The van der Waals surface area contributed by atoms with Crippen LogP contribution in [0.5, 0.6) is 5.75 Å². The first-order valence-electron chi connectivity index (χ1n) is 7.29. The van der Waals surface area contributed by atoms with Crippen molar-refractivity contribution in [2.75, 3.05) is 18.1 Å². The smallest absolute Gasteiger partial charge is 0.269 e. The summed E-state index contributed by atoms with van der Waals surface area (Å²) in [6.07, 6.45) is 0.583. The van der Waals surface area contributed by atoms with Crippen LogP contribution in [-0.4, -0.2) is 24.0 Å². The van der Waals surface area contributed by atoms with Crippen LogP contribution >= 0.6 is 0 Å². The Balaban J connectivity index is 1.67. The number of carbonyl (C=O) groups is 1. The minimum absolute atomic E-state index is 0.0249. The molecule has 2 aromatic rings. The highest BCUT2D eigenvalue weighted by molar-refractivity contribution is 5.96. The molecule has 2 aromatic carbocycles. The van der Waals surface area contributed by atoms with Gasteiger partial charge in [0.15, 0.2) is 6.61 Å². The SMILES string of the molecule is N#Cc1ccc(OCC(=O)N2CCc3cc([N+](=O)[O-])ccc32)cc1. The highest BCUT2D eigenvalue weighted by Crippen LogP contribution is 2.31. The van der Waals surface area contributed by atoms with E-state index in [4.69, 9.17) is 10.00 Å². The quantitative estimate of drug-likeness (QED) is 0.636. The lowest BCUT2D eigenvalue weighted by Crippen LogP contribution is -2.33. The topological polar surface area (TPSA) is 96.5 Å². The molecule has 0 saturated heterocycles. The molecule has 0 aromatic heterocycles. The predicted octanol–water partition coefficient (Wildman–Crippen LogP) is 2.43. The van der Waals surface area contributed by atoms with E-state index in [1.165, 1.54) is 12.1 Å². The molecule has 0 N–H and O–H groups in total. The van der Waals surface area contributed by atoms with Crippen molar-refractivity contribution in [1.82, 2.24) is 0 Å². The van der Waals surface area contributed by atoms with E-state index in [9.17, 15) is 14.9 Å². The van der Waals surface area contributed by atoms with Gasteiger partial charge in [0, 0.05) is 24.4 Å². The third-order valence-corrected chi connectivity index (χ3v) is 3.82. The van der Waals surface area contributed by atoms with Crippen molar-refractivity contribution >= 4 is 17.3 Å². The molecule has 0 bridgehead atoms. The summed E-state index contributed by atoms with van der Waals surface area (Å²) in [4.78, 5) is 24.3. The highest BCUT2D eigenvalue weighted by Gasteiger charge is 2.26. The van der Waals surface area contributed by atoms with E-state index >= 15 is 0 Å². The molecule has 1 aliphatic rings. The molecular weight excluding hydrogens is 310 g/mol. The first-order chi connectivity index (χ1) is 11.6. The third-order valence-electron chi connectivity index (χ3n) is 3.82. The fraction of sp³-hybridized carbons (Fsp3) is 0.176. The molecular formula is C17H13N3O4. The maximum Gasteiger partial charge on any atom is 0.269 e. The second-order valence-electron chi connectivity index (χ2n) is 5.29. The number of nitro groups is 1. The molecule has 0 aliphatic carbocycles. The summed E-state index contributed by atoms with van der Waals surface area (Å²) in [5.74, 6) is 0.289.